The molecule has 5 rings (SSSR count). The molecule has 2 fully saturated rings. The van der Waals surface area contributed by atoms with Crippen LogP contribution in [0.25, 0.3) is 0 Å². The quantitative estimate of drug-likeness (QED) is 0.315. The van der Waals surface area contributed by atoms with E-state index in [0.29, 0.717) is 18.2 Å². The van der Waals surface area contributed by atoms with E-state index < -0.39 is 59.4 Å². The Bertz CT molecular complexity index is 1400. The van der Waals surface area contributed by atoms with Crippen LogP contribution in [0.5, 0.6) is 5.75 Å². The van der Waals surface area contributed by atoms with Crippen LogP contribution in [0.1, 0.15) is 42.1 Å². The average Bonchev–Trinajstić information content (AvgIpc) is 3.18. The van der Waals surface area contributed by atoms with Gasteiger partial charge >= 0.3 is 30.4 Å². The Hall–Kier alpha value is -4.27. The molecule has 2 atom stereocenters. The SMILES string of the molecule is O=C1/C=C/C(=O)ON2C(=O)OC3(CCN(CCC(Oc4ccc(C(F)(F)F)cc4)c4cccc(C(F)(F)F)c4)CC3)C2O1. The second kappa shape index (κ2) is 11.4. The number of carbonyl (C=O) groups is 3. The summed E-state index contributed by atoms with van der Waals surface area (Å²) in [5, 5.41) is 0.584. The Morgan fingerprint density at radius 3 is 2.19 bits per heavy atom. The van der Waals surface area contributed by atoms with E-state index in [9.17, 15) is 40.7 Å². The molecule has 2 aromatic carbocycles. The lowest BCUT2D eigenvalue weighted by atomic mass is 9.89. The maximum absolute atomic E-state index is 13.4. The number of alkyl halides is 6. The fourth-order valence-corrected chi connectivity index (χ4v) is 5.13. The molecule has 0 saturated carbocycles. The lowest BCUT2D eigenvalue weighted by Crippen LogP contribution is -2.54. The van der Waals surface area contributed by atoms with E-state index in [1.807, 2.05) is 4.90 Å². The van der Waals surface area contributed by atoms with Gasteiger partial charge in [0.15, 0.2) is 5.60 Å². The van der Waals surface area contributed by atoms with Crippen LogP contribution >= 0.6 is 0 Å². The van der Waals surface area contributed by atoms with Crippen molar-refractivity contribution in [3.05, 3.63) is 77.4 Å². The van der Waals surface area contributed by atoms with Crippen LogP contribution in [-0.2, 0) is 36.3 Å². The molecular formula is C28H24F6N2O7. The van der Waals surface area contributed by atoms with Crippen LogP contribution in [0.2, 0.25) is 0 Å². The molecule has 43 heavy (non-hydrogen) atoms. The number of piperidine rings is 1. The van der Waals surface area contributed by atoms with Crippen molar-refractivity contribution in [3.8, 4) is 5.75 Å². The van der Waals surface area contributed by atoms with E-state index in [1.165, 1.54) is 12.1 Å². The summed E-state index contributed by atoms with van der Waals surface area (Å²) in [4.78, 5) is 43.2. The maximum Gasteiger partial charge on any atom is 0.447 e. The van der Waals surface area contributed by atoms with Gasteiger partial charge in [-0.3, -0.25) is 0 Å². The van der Waals surface area contributed by atoms with Crippen molar-refractivity contribution in [1.82, 2.24) is 9.96 Å². The molecule has 2 aromatic rings. The minimum Gasteiger partial charge on any atom is -0.486 e. The standard InChI is InChI=1S/C28H24F6N2O7/c29-27(30,31)18-4-6-20(7-5-18)40-21(17-2-1-3-19(16-17)28(32,33)34)10-13-35-14-11-26(12-15-35)24-36(25(39)42-26)43-23(38)9-8-22(37)41-24/h1-9,16,21,24H,10-15H2/b9-8+. The zero-order chi connectivity index (χ0) is 31.0. The second-order valence-electron chi connectivity index (χ2n) is 10.2. The van der Waals surface area contributed by atoms with Gasteiger partial charge in [0.1, 0.15) is 11.9 Å². The molecule has 0 radical (unpaired) electrons. The fraction of sp³-hybridized carbons (Fsp3) is 0.393. The molecule has 230 valence electrons. The van der Waals surface area contributed by atoms with Crippen molar-refractivity contribution >= 4 is 18.0 Å². The Kier molecular flexibility index (Phi) is 8.03. The summed E-state index contributed by atoms with van der Waals surface area (Å²) >= 11 is 0. The highest BCUT2D eigenvalue weighted by Gasteiger charge is 2.59. The zero-order valence-electron chi connectivity index (χ0n) is 22.2. The highest BCUT2D eigenvalue weighted by molar-refractivity contribution is 5.93. The minimum absolute atomic E-state index is 0.0423. The van der Waals surface area contributed by atoms with E-state index in [-0.39, 0.29) is 37.1 Å². The number of ether oxygens (including phenoxy) is 3. The number of likely N-dealkylation sites (tertiary alicyclic amines) is 1. The summed E-state index contributed by atoms with van der Waals surface area (Å²) in [6.07, 6.45) is -10.3. The predicted molar refractivity (Wildman–Crippen MR) is 133 cm³/mol. The molecule has 3 heterocycles. The number of halogens is 6. The van der Waals surface area contributed by atoms with Gasteiger partial charge in [0, 0.05) is 51.0 Å². The summed E-state index contributed by atoms with van der Waals surface area (Å²) in [5.41, 5.74) is -2.92. The number of esters is 1. The van der Waals surface area contributed by atoms with Crippen molar-refractivity contribution in [2.45, 2.75) is 49.5 Å². The predicted octanol–water partition coefficient (Wildman–Crippen LogP) is 5.42. The van der Waals surface area contributed by atoms with Gasteiger partial charge in [-0.05, 0) is 42.0 Å². The van der Waals surface area contributed by atoms with Crippen molar-refractivity contribution in [1.29, 1.82) is 0 Å². The Labute approximate surface area is 240 Å². The molecule has 9 nitrogen and oxygen atoms in total. The normalized spacial score (nSPS) is 22.1. The number of benzene rings is 2. The van der Waals surface area contributed by atoms with Gasteiger partial charge in [0.25, 0.3) is 6.23 Å². The van der Waals surface area contributed by atoms with Crippen molar-refractivity contribution in [2.24, 2.45) is 0 Å². The Morgan fingerprint density at radius 1 is 0.884 bits per heavy atom. The van der Waals surface area contributed by atoms with Crippen molar-refractivity contribution in [3.63, 3.8) is 0 Å². The molecule has 1 spiro atoms. The fourth-order valence-electron chi connectivity index (χ4n) is 5.13. The number of hydroxylamine groups is 2. The van der Waals surface area contributed by atoms with E-state index in [0.717, 1.165) is 48.6 Å². The molecule has 0 aromatic heterocycles. The lowest BCUT2D eigenvalue weighted by molar-refractivity contribution is -0.222. The largest absolute Gasteiger partial charge is 0.486 e. The number of hydrogen-bond acceptors (Lipinski definition) is 8. The molecule has 0 aliphatic carbocycles. The third-order valence-electron chi connectivity index (χ3n) is 7.36. The van der Waals surface area contributed by atoms with Gasteiger partial charge in [-0.25, -0.2) is 14.4 Å². The van der Waals surface area contributed by atoms with Crippen molar-refractivity contribution in [2.75, 3.05) is 19.6 Å². The summed E-state index contributed by atoms with van der Waals surface area (Å²) in [7, 11) is 0. The monoisotopic (exact) mass is 614 g/mol. The van der Waals surface area contributed by atoms with Crippen LogP contribution in [0, 0.1) is 0 Å². The van der Waals surface area contributed by atoms with Gasteiger partial charge in [-0.2, -0.15) is 26.3 Å². The third-order valence-corrected chi connectivity index (χ3v) is 7.36. The van der Waals surface area contributed by atoms with Gasteiger partial charge in [-0.15, -0.1) is 0 Å². The first kappa shape index (κ1) is 30.2. The topological polar surface area (TPSA) is 94.6 Å². The first-order valence-corrected chi connectivity index (χ1v) is 13.1. The minimum atomic E-state index is -4.62. The van der Waals surface area contributed by atoms with Gasteiger partial charge in [0.05, 0.1) is 11.1 Å². The summed E-state index contributed by atoms with van der Waals surface area (Å²) in [6.45, 7) is 0.889. The van der Waals surface area contributed by atoms with Crippen LogP contribution < -0.4 is 4.74 Å². The van der Waals surface area contributed by atoms with E-state index in [4.69, 9.17) is 19.0 Å². The number of nitrogens with zero attached hydrogens (tertiary/aromatic N) is 2. The van der Waals surface area contributed by atoms with Crippen molar-refractivity contribution < 1.29 is 59.8 Å². The lowest BCUT2D eigenvalue weighted by Gasteiger charge is -2.40. The molecule has 1 amide bonds. The maximum atomic E-state index is 13.4. The van der Waals surface area contributed by atoms with Gasteiger partial charge in [0.2, 0.25) is 0 Å². The van der Waals surface area contributed by atoms with Crippen LogP contribution in [0.3, 0.4) is 0 Å². The third kappa shape index (κ3) is 6.71. The Balaban J connectivity index is 1.29. The van der Waals surface area contributed by atoms with Crippen LogP contribution in [-0.4, -0.2) is 59.5 Å². The second-order valence-corrected chi connectivity index (χ2v) is 10.2. The molecule has 0 N–H and O–H groups in total. The highest BCUT2D eigenvalue weighted by Crippen LogP contribution is 2.41. The van der Waals surface area contributed by atoms with Gasteiger partial charge < -0.3 is 23.9 Å². The molecular weight excluding hydrogens is 590 g/mol. The summed E-state index contributed by atoms with van der Waals surface area (Å²) in [6, 6.07) is 8.37. The smallest absolute Gasteiger partial charge is 0.447 e. The van der Waals surface area contributed by atoms with E-state index in [2.05, 4.69) is 0 Å². The molecule has 15 heteroatoms. The number of carbonyl (C=O) groups excluding carboxylic acids is 3. The molecule has 3 aliphatic heterocycles. The summed E-state index contributed by atoms with van der Waals surface area (Å²) in [5.74, 6) is -1.78. The number of rotatable bonds is 6. The zero-order valence-corrected chi connectivity index (χ0v) is 22.2. The number of amides is 1. The number of fused-ring (bicyclic) bond motifs is 2. The highest BCUT2D eigenvalue weighted by atomic mass is 19.4. The number of hydrogen-bond donors (Lipinski definition) is 0. The molecule has 2 unspecified atom stereocenters. The average molecular weight is 614 g/mol. The molecule has 0 bridgehead atoms. The first-order valence-electron chi connectivity index (χ1n) is 13.1. The van der Waals surface area contributed by atoms with Crippen LogP contribution in [0.4, 0.5) is 31.1 Å². The summed E-state index contributed by atoms with van der Waals surface area (Å²) < 4.78 is 96.0. The van der Waals surface area contributed by atoms with Gasteiger partial charge in [-0.1, -0.05) is 17.2 Å². The molecule has 3 aliphatic rings. The van der Waals surface area contributed by atoms with Crippen LogP contribution in [0.15, 0.2) is 60.7 Å². The Morgan fingerprint density at radius 2 is 1.53 bits per heavy atom. The van der Waals surface area contributed by atoms with E-state index in [1.54, 1.807) is 0 Å². The van der Waals surface area contributed by atoms with E-state index >= 15 is 0 Å². The molecule has 2 saturated heterocycles. The first-order chi connectivity index (χ1) is 20.2.